The molecule has 0 saturated heterocycles. The van der Waals surface area contributed by atoms with Gasteiger partial charge in [0.15, 0.2) is 11.8 Å². The summed E-state index contributed by atoms with van der Waals surface area (Å²) < 4.78 is 32.3. The van der Waals surface area contributed by atoms with E-state index in [-0.39, 0.29) is 17.4 Å². The predicted molar refractivity (Wildman–Crippen MR) is 102 cm³/mol. The van der Waals surface area contributed by atoms with Crippen LogP contribution in [0, 0.1) is 6.92 Å². The molecule has 3 N–H and O–H groups in total. The molecule has 148 valence electrons. The molecule has 9 nitrogen and oxygen atoms in total. The molecule has 0 bridgehead atoms. The Hall–Kier alpha value is -2.11. The molecule has 1 aromatic carbocycles. The van der Waals surface area contributed by atoms with Crippen molar-refractivity contribution in [1.29, 1.82) is 0 Å². The average Bonchev–Trinajstić information content (AvgIpc) is 3.16. The fourth-order valence-electron chi connectivity index (χ4n) is 2.07. The Kier molecular flexibility index (Phi) is 8.07. The van der Waals surface area contributed by atoms with E-state index in [1.165, 1.54) is 30.2 Å². The Balaban J connectivity index is 1.78. The quantitative estimate of drug-likeness (QED) is 0.372. The average molecular weight is 414 g/mol. The van der Waals surface area contributed by atoms with E-state index in [9.17, 15) is 13.2 Å². The Morgan fingerprint density at radius 2 is 2.15 bits per heavy atom. The number of benzene rings is 1. The zero-order chi connectivity index (χ0) is 19.7. The molecule has 11 heteroatoms. The minimum Gasteiger partial charge on any atom is -0.484 e. The van der Waals surface area contributed by atoms with Gasteiger partial charge in [-0.25, -0.2) is 18.1 Å². The Morgan fingerprint density at radius 3 is 2.81 bits per heavy atom. The SMILES string of the molecule is CCCNS(=O)(=O)c1ccc(OCC(=O)NCCSc2ncn[nH]2)c(C)c1. The molecular weight excluding hydrogens is 390 g/mol. The van der Waals surface area contributed by atoms with E-state index < -0.39 is 10.0 Å². The fraction of sp³-hybridized carbons (Fsp3) is 0.438. The summed E-state index contributed by atoms with van der Waals surface area (Å²) in [5, 5.41) is 9.89. The summed E-state index contributed by atoms with van der Waals surface area (Å²) in [6, 6.07) is 4.55. The molecule has 0 atom stereocenters. The largest absolute Gasteiger partial charge is 0.484 e. The van der Waals surface area contributed by atoms with E-state index in [1.54, 1.807) is 13.0 Å². The van der Waals surface area contributed by atoms with Gasteiger partial charge in [-0.2, -0.15) is 5.10 Å². The van der Waals surface area contributed by atoms with E-state index in [4.69, 9.17) is 4.74 Å². The number of sulfonamides is 1. The van der Waals surface area contributed by atoms with Gasteiger partial charge in [0.1, 0.15) is 12.1 Å². The molecule has 27 heavy (non-hydrogen) atoms. The number of nitrogens with one attached hydrogen (secondary N) is 3. The van der Waals surface area contributed by atoms with Crippen LogP contribution in [0.4, 0.5) is 0 Å². The van der Waals surface area contributed by atoms with Crippen molar-refractivity contribution < 1.29 is 17.9 Å². The highest BCUT2D eigenvalue weighted by atomic mass is 32.2. The second-order valence-electron chi connectivity index (χ2n) is 5.60. The highest BCUT2D eigenvalue weighted by Crippen LogP contribution is 2.21. The van der Waals surface area contributed by atoms with Crippen LogP contribution >= 0.6 is 11.8 Å². The Bertz CT molecular complexity index is 841. The van der Waals surface area contributed by atoms with Gasteiger partial charge in [0.25, 0.3) is 5.91 Å². The van der Waals surface area contributed by atoms with Crippen LogP contribution in [0.15, 0.2) is 34.6 Å². The standard InChI is InChI=1S/C16H23N5O4S2/c1-3-6-20-27(23,24)13-4-5-14(12(2)9-13)25-10-15(22)17-7-8-26-16-18-11-19-21-16/h4-5,9,11,20H,3,6-8,10H2,1-2H3,(H,17,22)(H,18,19,21). The van der Waals surface area contributed by atoms with Crippen molar-refractivity contribution in [2.24, 2.45) is 0 Å². The number of hydrogen-bond acceptors (Lipinski definition) is 7. The van der Waals surface area contributed by atoms with Crippen molar-refractivity contribution in [3.05, 3.63) is 30.1 Å². The molecule has 0 unspecified atom stereocenters. The monoisotopic (exact) mass is 413 g/mol. The van der Waals surface area contributed by atoms with Crippen molar-refractivity contribution in [3.63, 3.8) is 0 Å². The number of amides is 1. The van der Waals surface area contributed by atoms with Crippen molar-refractivity contribution >= 4 is 27.7 Å². The number of thioether (sulfide) groups is 1. The van der Waals surface area contributed by atoms with Crippen LogP contribution in [-0.2, 0) is 14.8 Å². The lowest BCUT2D eigenvalue weighted by atomic mass is 10.2. The van der Waals surface area contributed by atoms with Gasteiger partial charge >= 0.3 is 0 Å². The van der Waals surface area contributed by atoms with Crippen molar-refractivity contribution in [2.45, 2.75) is 30.3 Å². The van der Waals surface area contributed by atoms with Crippen LogP contribution in [0.5, 0.6) is 5.75 Å². The number of nitrogens with zero attached hydrogens (tertiary/aromatic N) is 2. The maximum absolute atomic E-state index is 12.1. The molecule has 0 spiro atoms. The van der Waals surface area contributed by atoms with Crippen LogP contribution in [0.25, 0.3) is 0 Å². The third-order valence-corrected chi connectivity index (χ3v) is 5.75. The third kappa shape index (κ3) is 6.85. The number of aromatic nitrogens is 3. The molecule has 0 aliphatic rings. The van der Waals surface area contributed by atoms with Gasteiger partial charge in [0.2, 0.25) is 10.0 Å². The van der Waals surface area contributed by atoms with Crippen LogP contribution in [-0.4, -0.2) is 55.0 Å². The van der Waals surface area contributed by atoms with E-state index in [2.05, 4.69) is 25.2 Å². The van der Waals surface area contributed by atoms with Gasteiger partial charge in [-0.1, -0.05) is 18.7 Å². The normalized spacial score (nSPS) is 11.3. The zero-order valence-electron chi connectivity index (χ0n) is 15.2. The summed E-state index contributed by atoms with van der Waals surface area (Å²) in [5.74, 6) is 0.863. The van der Waals surface area contributed by atoms with Crippen LogP contribution in [0.3, 0.4) is 0 Å². The highest BCUT2D eigenvalue weighted by molar-refractivity contribution is 7.99. The molecule has 0 aliphatic carbocycles. The minimum atomic E-state index is -3.53. The maximum Gasteiger partial charge on any atom is 0.257 e. The highest BCUT2D eigenvalue weighted by Gasteiger charge is 2.15. The third-order valence-electron chi connectivity index (χ3n) is 3.41. The van der Waals surface area contributed by atoms with Crippen LogP contribution in [0.1, 0.15) is 18.9 Å². The summed E-state index contributed by atoms with van der Waals surface area (Å²) >= 11 is 1.45. The first-order chi connectivity index (χ1) is 12.9. The van der Waals surface area contributed by atoms with Gasteiger partial charge in [-0.05, 0) is 37.1 Å². The first kappa shape index (κ1) is 21.2. The van der Waals surface area contributed by atoms with Crippen LogP contribution < -0.4 is 14.8 Å². The number of rotatable bonds is 11. The lowest BCUT2D eigenvalue weighted by molar-refractivity contribution is -0.122. The molecule has 1 amide bonds. The smallest absolute Gasteiger partial charge is 0.257 e. The Morgan fingerprint density at radius 1 is 1.33 bits per heavy atom. The van der Waals surface area contributed by atoms with Crippen LogP contribution in [0.2, 0.25) is 0 Å². The second kappa shape index (κ2) is 10.3. The molecule has 0 saturated carbocycles. The molecule has 0 fully saturated rings. The lowest BCUT2D eigenvalue weighted by Crippen LogP contribution is -2.30. The first-order valence-electron chi connectivity index (χ1n) is 8.40. The molecule has 1 aromatic heterocycles. The summed E-state index contributed by atoms with van der Waals surface area (Å²) in [6.45, 7) is 4.33. The summed E-state index contributed by atoms with van der Waals surface area (Å²) in [6.07, 6.45) is 2.14. The first-order valence-corrected chi connectivity index (χ1v) is 10.9. The van der Waals surface area contributed by atoms with Gasteiger partial charge in [0, 0.05) is 18.8 Å². The Labute approximate surface area is 162 Å². The number of aryl methyl sites for hydroxylation is 1. The van der Waals surface area contributed by atoms with Gasteiger partial charge in [-0.15, -0.1) is 0 Å². The number of carbonyl (C=O) groups excluding carboxylic acids is 1. The fourth-order valence-corrected chi connectivity index (χ4v) is 3.92. The molecule has 0 aliphatic heterocycles. The van der Waals surface area contributed by atoms with E-state index in [0.717, 1.165) is 0 Å². The van der Waals surface area contributed by atoms with E-state index >= 15 is 0 Å². The molecule has 2 rings (SSSR count). The number of H-pyrrole nitrogens is 1. The summed E-state index contributed by atoms with van der Waals surface area (Å²) in [5.41, 5.74) is 0.642. The minimum absolute atomic E-state index is 0.145. The van der Waals surface area contributed by atoms with Crippen molar-refractivity contribution in [2.75, 3.05) is 25.4 Å². The van der Waals surface area contributed by atoms with Gasteiger partial charge < -0.3 is 10.1 Å². The molecule has 0 radical (unpaired) electrons. The predicted octanol–water partition coefficient (Wildman–Crippen LogP) is 1.09. The van der Waals surface area contributed by atoms with Crippen molar-refractivity contribution in [1.82, 2.24) is 25.2 Å². The number of ether oxygens (including phenoxy) is 1. The van der Waals surface area contributed by atoms with E-state index in [1.807, 2.05) is 6.92 Å². The van der Waals surface area contributed by atoms with Gasteiger partial charge in [-0.3, -0.25) is 9.89 Å². The van der Waals surface area contributed by atoms with E-state index in [0.29, 0.717) is 41.7 Å². The van der Waals surface area contributed by atoms with Gasteiger partial charge in [0.05, 0.1) is 4.90 Å². The number of carbonyl (C=O) groups is 1. The molecule has 2 aromatic rings. The molecule has 1 heterocycles. The van der Waals surface area contributed by atoms with Crippen molar-refractivity contribution in [3.8, 4) is 5.75 Å². The summed E-state index contributed by atoms with van der Waals surface area (Å²) in [7, 11) is -3.53. The molecular formula is C16H23N5O4S2. The maximum atomic E-state index is 12.1. The summed E-state index contributed by atoms with van der Waals surface area (Å²) in [4.78, 5) is 16.0. The second-order valence-corrected chi connectivity index (χ2v) is 8.45. The zero-order valence-corrected chi connectivity index (χ0v) is 16.8. The number of hydrogen-bond donors (Lipinski definition) is 3. The number of aromatic amines is 1. The topological polar surface area (TPSA) is 126 Å². The lowest BCUT2D eigenvalue weighted by Gasteiger charge is -2.11.